The molecule has 0 aliphatic carbocycles. The van der Waals surface area contributed by atoms with E-state index in [1.54, 1.807) is 18.2 Å². The van der Waals surface area contributed by atoms with E-state index >= 15 is 0 Å². The first-order valence-electron chi connectivity index (χ1n) is 5.05. The van der Waals surface area contributed by atoms with Crippen LogP contribution in [0, 0.1) is 5.92 Å². The lowest BCUT2D eigenvalue weighted by Gasteiger charge is -2.07. The lowest BCUT2D eigenvalue weighted by molar-refractivity contribution is -0.141. The highest BCUT2D eigenvalue weighted by molar-refractivity contribution is 9.10. The third kappa shape index (κ3) is 3.56. The van der Waals surface area contributed by atoms with Gasteiger partial charge in [-0.25, -0.2) is 0 Å². The molecular weight excluding hydrogens is 288 g/mol. The van der Waals surface area contributed by atoms with Gasteiger partial charge in [-0.2, -0.15) is 0 Å². The molecule has 0 fully saturated rings. The van der Waals surface area contributed by atoms with Crippen molar-refractivity contribution in [3.8, 4) is 5.75 Å². The summed E-state index contributed by atoms with van der Waals surface area (Å²) in [5.74, 6) is -1.20. The molecule has 0 aliphatic rings. The maximum atomic E-state index is 11.8. The highest BCUT2D eigenvalue weighted by atomic mass is 79.9. The zero-order valence-electron chi connectivity index (χ0n) is 9.57. The Morgan fingerprint density at radius 1 is 1.47 bits per heavy atom. The number of hydrogen-bond donors (Lipinski definition) is 1. The number of methoxy groups -OCH3 is 1. The second-order valence-electron chi connectivity index (χ2n) is 3.72. The van der Waals surface area contributed by atoms with Crippen LogP contribution in [0.2, 0.25) is 0 Å². The molecule has 0 amide bonds. The van der Waals surface area contributed by atoms with Gasteiger partial charge in [-0.3, -0.25) is 9.59 Å². The van der Waals surface area contributed by atoms with Gasteiger partial charge < -0.3 is 9.84 Å². The highest BCUT2D eigenvalue weighted by Gasteiger charge is 2.17. The Bertz CT molecular complexity index is 442. The van der Waals surface area contributed by atoms with Crippen LogP contribution in [-0.2, 0) is 4.79 Å². The smallest absolute Gasteiger partial charge is 0.306 e. The Labute approximate surface area is 108 Å². The van der Waals surface area contributed by atoms with Crippen LogP contribution in [-0.4, -0.2) is 24.0 Å². The van der Waals surface area contributed by atoms with Crippen LogP contribution in [0.25, 0.3) is 0 Å². The number of carbonyl (C=O) groups is 2. The molecule has 0 bridgehead atoms. The molecule has 1 unspecified atom stereocenters. The average Bonchev–Trinajstić information content (AvgIpc) is 2.28. The largest absolute Gasteiger partial charge is 0.496 e. The normalized spacial score (nSPS) is 11.9. The highest BCUT2D eigenvalue weighted by Crippen LogP contribution is 2.26. The number of ketones is 1. The van der Waals surface area contributed by atoms with Crippen LogP contribution in [0.15, 0.2) is 22.7 Å². The number of rotatable bonds is 5. The lowest BCUT2D eigenvalue weighted by atomic mass is 10.00. The van der Waals surface area contributed by atoms with Crippen molar-refractivity contribution in [3.63, 3.8) is 0 Å². The molecule has 5 heteroatoms. The zero-order valence-corrected chi connectivity index (χ0v) is 11.2. The van der Waals surface area contributed by atoms with Gasteiger partial charge in [0.2, 0.25) is 0 Å². The molecule has 92 valence electrons. The van der Waals surface area contributed by atoms with Crippen LogP contribution >= 0.6 is 15.9 Å². The van der Waals surface area contributed by atoms with Gasteiger partial charge in [-0.05, 0) is 34.1 Å². The van der Waals surface area contributed by atoms with Crippen LogP contribution in [0.5, 0.6) is 5.75 Å². The Morgan fingerprint density at radius 2 is 2.12 bits per heavy atom. The first-order valence-corrected chi connectivity index (χ1v) is 5.84. The van der Waals surface area contributed by atoms with Crippen molar-refractivity contribution in [2.24, 2.45) is 5.92 Å². The number of benzene rings is 1. The molecule has 1 rings (SSSR count). The molecule has 4 nitrogen and oxygen atoms in total. The number of carbonyl (C=O) groups excluding carboxylic acids is 1. The van der Waals surface area contributed by atoms with Crippen molar-refractivity contribution in [2.75, 3.05) is 7.11 Å². The van der Waals surface area contributed by atoms with E-state index in [1.165, 1.54) is 14.0 Å². The number of aliphatic carboxylic acids is 1. The molecule has 1 N–H and O–H groups in total. The minimum Gasteiger partial charge on any atom is -0.496 e. The Balaban J connectivity index is 2.83. The molecule has 17 heavy (non-hydrogen) atoms. The molecule has 1 atom stereocenters. The molecule has 1 aromatic carbocycles. The first-order chi connectivity index (χ1) is 7.95. The number of ether oxygens (including phenoxy) is 1. The molecular formula is C12H13BrO4. The summed E-state index contributed by atoms with van der Waals surface area (Å²) in [5, 5.41) is 8.73. The van der Waals surface area contributed by atoms with Crippen molar-refractivity contribution in [1.29, 1.82) is 0 Å². The Kier molecular flexibility index (Phi) is 4.69. The van der Waals surface area contributed by atoms with Gasteiger partial charge in [0.15, 0.2) is 5.78 Å². The summed E-state index contributed by atoms with van der Waals surface area (Å²) in [6.45, 7) is 1.51. The topological polar surface area (TPSA) is 63.6 Å². The number of Topliss-reactive ketones (excluding diaryl/α,β-unsaturated/α-hetero) is 1. The maximum absolute atomic E-state index is 11.8. The number of halogens is 1. The van der Waals surface area contributed by atoms with Gasteiger partial charge in [-0.15, -0.1) is 0 Å². The lowest BCUT2D eigenvalue weighted by Crippen LogP contribution is -2.14. The predicted molar refractivity (Wildman–Crippen MR) is 66.4 cm³/mol. The summed E-state index contributed by atoms with van der Waals surface area (Å²) in [4.78, 5) is 22.4. The van der Waals surface area contributed by atoms with E-state index in [4.69, 9.17) is 9.84 Å². The summed E-state index contributed by atoms with van der Waals surface area (Å²) in [7, 11) is 1.54. The standard InChI is InChI=1S/C12H13BrO4/c1-7(12(15)16)5-10(14)8-3-4-11(17-2)9(13)6-8/h3-4,6-7H,5H2,1-2H3,(H,15,16). The van der Waals surface area contributed by atoms with Crippen LogP contribution < -0.4 is 4.74 Å². The second kappa shape index (κ2) is 5.82. The predicted octanol–water partition coefficient (Wildman–Crippen LogP) is 2.75. The van der Waals surface area contributed by atoms with Gasteiger partial charge in [0.25, 0.3) is 0 Å². The molecule has 0 saturated heterocycles. The van der Waals surface area contributed by atoms with Crippen LogP contribution in [0.1, 0.15) is 23.7 Å². The fourth-order valence-corrected chi connectivity index (χ4v) is 1.86. The quantitative estimate of drug-likeness (QED) is 0.849. The molecule has 1 aromatic rings. The third-order valence-corrected chi connectivity index (χ3v) is 3.01. The van der Waals surface area contributed by atoms with E-state index in [2.05, 4.69) is 15.9 Å². The zero-order chi connectivity index (χ0) is 13.0. The molecule has 0 aromatic heterocycles. The van der Waals surface area contributed by atoms with Crippen molar-refractivity contribution in [3.05, 3.63) is 28.2 Å². The minimum atomic E-state index is -0.967. The van der Waals surface area contributed by atoms with Gasteiger partial charge in [0.1, 0.15) is 5.75 Å². The molecule has 0 spiro atoms. The summed E-state index contributed by atoms with van der Waals surface area (Å²) in [6, 6.07) is 4.93. The van der Waals surface area contributed by atoms with Gasteiger partial charge in [-0.1, -0.05) is 6.92 Å². The minimum absolute atomic E-state index is 0.00585. The van der Waals surface area contributed by atoms with Crippen molar-refractivity contribution in [2.45, 2.75) is 13.3 Å². The van der Waals surface area contributed by atoms with E-state index in [9.17, 15) is 9.59 Å². The average molecular weight is 301 g/mol. The van der Waals surface area contributed by atoms with Crippen molar-refractivity contribution < 1.29 is 19.4 Å². The van der Waals surface area contributed by atoms with Crippen LogP contribution in [0.4, 0.5) is 0 Å². The first kappa shape index (κ1) is 13.7. The summed E-state index contributed by atoms with van der Waals surface area (Å²) in [6.07, 6.45) is -0.00585. The third-order valence-electron chi connectivity index (χ3n) is 2.39. The fraction of sp³-hybridized carbons (Fsp3) is 0.333. The summed E-state index contributed by atoms with van der Waals surface area (Å²) in [5.41, 5.74) is 0.478. The SMILES string of the molecule is COc1ccc(C(=O)CC(C)C(=O)O)cc1Br. The summed E-state index contributed by atoms with van der Waals surface area (Å²) < 4.78 is 5.72. The molecule has 0 radical (unpaired) electrons. The monoisotopic (exact) mass is 300 g/mol. The van der Waals surface area contributed by atoms with Crippen molar-refractivity contribution in [1.82, 2.24) is 0 Å². The number of carboxylic acid groups (broad SMARTS) is 1. The van der Waals surface area contributed by atoms with Gasteiger partial charge in [0, 0.05) is 12.0 Å². The molecule has 0 heterocycles. The Morgan fingerprint density at radius 3 is 2.59 bits per heavy atom. The van der Waals surface area contributed by atoms with E-state index < -0.39 is 11.9 Å². The molecule has 0 saturated carbocycles. The van der Waals surface area contributed by atoms with E-state index in [1.807, 2.05) is 0 Å². The Hall–Kier alpha value is -1.36. The van der Waals surface area contributed by atoms with Crippen molar-refractivity contribution >= 4 is 27.7 Å². The van der Waals surface area contributed by atoms with Gasteiger partial charge in [0.05, 0.1) is 17.5 Å². The van der Waals surface area contributed by atoms with Gasteiger partial charge >= 0.3 is 5.97 Å². The summed E-state index contributed by atoms with van der Waals surface area (Å²) >= 11 is 3.28. The molecule has 0 aliphatic heterocycles. The van der Waals surface area contributed by atoms with E-state index in [0.717, 1.165) is 0 Å². The van der Waals surface area contributed by atoms with Crippen LogP contribution in [0.3, 0.4) is 0 Å². The maximum Gasteiger partial charge on any atom is 0.306 e. The van der Waals surface area contributed by atoms with E-state index in [-0.39, 0.29) is 12.2 Å². The van der Waals surface area contributed by atoms with E-state index in [0.29, 0.717) is 15.8 Å². The number of hydrogen-bond acceptors (Lipinski definition) is 3. The number of carboxylic acids is 1. The fourth-order valence-electron chi connectivity index (χ4n) is 1.32. The second-order valence-corrected chi connectivity index (χ2v) is 4.57.